The monoisotopic (exact) mass is 433 g/mol. The maximum absolute atomic E-state index is 11.6. The van der Waals surface area contributed by atoms with Crippen molar-refractivity contribution in [1.29, 1.82) is 0 Å². The van der Waals surface area contributed by atoms with Crippen LogP contribution in [0.5, 0.6) is 0 Å². The van der Waals surface area contributed by atoms with Crippen molar-refractivity contribution in [3.63, 3.8) is 0 Å². The second kappa shape index (κ2) is 10.1. The zero-order valence-electron chi connectivity index (χ0n) is 18.0. The Bertz CT molecular complexity index is 945. The van der Waals surface area contributed by atoms with Crippen molar-refractivity contribution in [3.8, 4) is 0 Å². The fourth-order valence-corrected chi connectivity index (χ4v) is 4.09. The molecule has 0 spiro atoms. The molecule has 3 rings (SSSR count). The molecular weight excluding hydrogens is 402 g/mol. The molecule has 0 unspecified atom stereocenters. The van der Waals surface area contributed by atoms with E-state index in [-0.39, 0.29) is 0 Å². The van der Waals surface area contributed by atoms with Crippen molar-refractivity contribution >= 4 is 15.8 Å². The van der Waals surface area contributed by atoms with E-state index < -0.39 is 9.84 Å². The van der Waals surface area contributed by atoms with Crippen LogP contribution < -0.4 is 5.32 Å². The number of nitrogens with one attached hydrogen (secondary N) is 1. The van der Waals surface area contributed by atoms with Crippen LogP contribution in [0.3, 0.4) is 0 Å². The van der Waals surface area contributed by atoms with Gasteiger partial charge < -0.3 is 14.7 Å². The molecule has 1 aromatic heterocycles. The van der Waals surface area contributed by atoms with Gasteiger partial charge in [0.05, 0.1) is 10.6 Å². The van der Waals surface area contributed by atoms with E-state index in [4.69, 9.17) is 9.52 Å². The number of hydrogen-bond acceptors (Lipinski definition) is 6. The first-order valence-corrected chi connectivity index (χ1v) is 12.2. The number of aliphatic imine (C=N–C) groups is 1. The standard InChI is InChI=1S/C21H31N5O3S/c1-4-22-21(23-10-9-18-5-7-20(8-6-18)30(3,27)28)26-13-11-25(12-14-26)16-19-15-17(2)29-24-19/h5-8,15H,4,9-14,16H2,1-3H3,(H,22,23). The van der Waals surface area contributed by atoms with E-state index in [0.29, 0.717) is 11.4 Å². The number of hydrogen-bond donors (Lipinski definition) is 1. The van der Waals surface area contributed by atoms with Crippen LogP contribution in [0.1, 0.15) is 23.9 Å². The van der Waals surface area contributed by atoms with Gasteiger partial charge in [0.1, 0.15) is 5.76 Å². The van der Waals surface area contributed by atoms with Crippen LogP contribution in [0.25, 0.3) is 0 Å². The highest BCUT2D eigenvalue weighted by Gasteiger charge is 2.20. The number of benzene rings is 1. The topological polar surface area (TPSA) is 91.0 Å². The van der Waals surface area contributed by atoms with Gasteiger partial charge in [-0.05, 0) is 38.0 Å². The van der Waals surface area contributed by atoms with Crippen LogP contribution >= 0.6 is 0 Å². The van der Waals surface area contributed by atoms with Crippen molar-refractivity contribution in [1.82, 2.24) is 20.3 Å². The first-order valence-electron chi connectivity index (χ1n) is 10.3. The van der Waals surface area contributed by atoms with Gasteiger partial charge in [-0.1, -0.05) is 17.3 Å². The molecule has 9 heteroatoms. The summed E-state index contributed by atoms with van der Waals surface area (Å²) >= 11 is 0. The molecule has 1 N–H and O–H groups in total. The highest BCUT2D eigenvalue weighted by Crippen LogP contribution is 2.12. The highest BCUT2D eigenvalue weighted by atomic mass is 32.2. The minimum absolute atomic E-state index is 0.349. The van der Waals surface area contributed by atoms with Crippen molar-refractivity contribution in [2.24, 2.45) is 4.99 Å². The molecule has 0 bridgehead atoms. The van der Waals surface area contributed by atoms with Crippen LogP contribution in [0, 0.1) is 6.92 Å². The Kier molecular flexibility index (Phi) is 7.49. The summed E-state index contributed by atoms with van der Waals surface area (Å²) in [5.41, 5.74) is 2.05. The van der Waals surface area contributed by atoms with Gasteiger partial charge in [0.25, 0.3) is 0 Å². The summed E-state index contributed by atoms with van der Waals surface area (Å²) < 4.78 is 28.3. The Morgan fingerprint density at radius 2 is 1.90 bits per heavy atom. The quantitative estimate of drug-likeness (QED) is 0.525. The smallest absolute Gasteiger partial charge is 0.194 e. The number of nitrogens with zero attached hydrogens (tertiary/aromatic N) is 4. The Balaban J connectivity index is 1.52. The van der Waals surface area contributed by atoms with E-state index in [1.165, 1.54) is 6.26 Å². The molecule has 8 nitrogen and oxygen atoms in total. The summed E-state index contributed by atoms with van der Waals surface area (Å²) in [6.45, 7) is 9.97. The SMILES string of the molecule is CCNC(=NCCc1ccc(S(C)(=O)=O)cc1)N1CCN(Cc2cc(C)on2)CC1. The van der Waals surface area contributed by atoms with E-state index >= 15 is 0 Å². The highest BCUT2D eigenvalue weighted by molar-refractivity contribution is 7.90. The summed E-state index contributed by atoms with van der Waals surface area (Å²) in [4.78, 5) is 9.80. The molecule has 2 aromatic rings. The molecule has 2 heterocycles. The van der Waals surface area contributed by atoms with Crippen LogP contribution in [-0.4, -0.2) is 74.9 Å². The van der Waals surface area contributed by atoms with Crippen molar-refractivity contribution in [2.45, 2.75) is 31.7 Å². The fourth-order valence-electron chi connectivity index (χ4n) is 3.46. The largest absolute Gasteiger partial charge is 0.361 e. The van der Waals surface area contributed by atoms with Gasteiger partial charge in [0, 0.05) is 58.1 Å². The van der Waals surface area contributed by atoms with E-state index in [9.17, 15) is 8.42 Å². The number of aryl methyl sites for hydroxylation is 1. The van der Waals surface area contributed by atoms with Crippen LogP contribution in [0.2, 0.25) is 0 Å². The van der Waals surface area contributed by atoms with Crippen LogP contribution in [-0.2, 0) is 22.8 Å². The number of rotatable bonds is 7. The molecule has 0 saturated carbocycles. The summed E-state index contributed by atoms with van der Waals surface area (Å²) in [6.07, 6.45) is 1.99. The van der Waals surface area contributed by atoms with Crippen LogP contribution in [0.15, 0.2) is 44.7 Å². The summed E-state index contributed by atoms with van der Waals surface area (Å²) in [7, 11) is -3.16. The molecule has 30 heavy (non-hydrogen) atoms. The van der Waals surface area contributed by atoms with E-state index in [0.717, 1.165) is 68.7 Å². The summed E-state index contributed by atoms with van der Waals surface area (Å²) in [6, 6.07) is 9.04. The molecule has 1 aromatic carbocycles. The van der Waals surface area contributed by atoms with Gasteiger partial charge in [-0.3, -0.25) is 9.89 Å². The first-order chi connectivity index (χ1) is 14.3. The first kappa shape index (κ1) is 22.3. The Labute approximate surface area is 178 Å². The van der Waals surface area contributed by atoms with Gasteiger partial charge in [-0.25, -0.2) is 8.42 Å². The van der Waals surface area contributed by atoms with Gasteiger partial charge in [0.2, 0.25) is 0 Å². The molecule has 1 fully saturated rings. The molecule has 0 atom stereocenters. The molecule has 1 aliphatic heterocycles. The average Bonchev–Trinajstić information content (AvgIpc) is 3.12. The molecule has 164 valence electrons. The molecular formula is C21H31N5O3S. The van der Waals surface area contributed by atoms with Gasteiger partial charge in [0.15, 0.2) is 15.8 Å². The van der Waals surface area contributed by atoms with Crippen LogP contribution in [0.4, 0.5) is 0 Å². The maximum Gasteiger partial charge on any atom is 0.194 e. The van der Waals surface area contributed by atoms with E-state index in [1.807, 2.05) is 25.1 Å². The lowest BCUT2D eigenvalue weighted by Crippen LogP contribution is -2.52. The predicted molar refractivity (Wildman–Crippen MR) is 117 cm³/mol. The Hall–Kier alpha value is -2.39. The van der Waals surface area contributed by atoms with Gasteiger partial charge >= 0.3 is 0 Å². The third-order valence-electron chi connectivity index (χ3n) is 5.08. The number of piperazine rings is 1. The van der Waals surface area contributed by atoms with Gasteiger partial charge in [-0.2, -0.15) is 0 Å². The minimum atomic E-state index is -3.16. The van der Waals surface area contributed by atoms with Gasteiger partial charge in [-0.15, -0.1) is 0 Å². The molecule has 0 amide bonds. The number of guanidine groups is 1. The molecule has 0 radical (unpaired) electrons. The Morgan fingerprint density at radius 3 is 2.47 bits per heavy atom. The second-order valence-electron chi connectivity index (χ2n) is 7.59. The third-order valence-corrected chi connectivity index (χ3v) is 6.21. The summed E-state index contributed by atoms with van der Waals surface area (Å²) in [5, 5.41) is 7.47. The zero-order valence-corrected chi connectivity index (χ0v) is 18.8. The maximum atomic E-state index is 11.6. The molecule has 0 aliphatic carbocycles. The normalized spacial score (nSPS) is 16.1. The lowest BCUT2D eigenvalue weighted by atomic mass is 10.1. The van der Waals surface area contributed by atoms with E-state index in [2.05, 4.69) is 27.2 Å². The summed E-state index contributed by atoms with van der Waals surface area (Å²) in [5.74, 6) is 1.78. The third kappa shape index (κ3) is 6.30. The minimum Gasteiger partial charge on any atom is -0.361 e. The molecule has 1 saturated heterocycles. The second-order valence-corrected chi connectivity index (χ2v) is 9.61. The lowest BCUT2D eigenvalue weighted by molar-refractivity contribution is 0.169. The Morgan fingerprint density at radius 1 is 1.20 bits per heavy atom. The van der Waals surface area contributed by atoms with Crippen molar-refractivity contribution in [2.75, 3.05) is 45.5 Å². The predicted octanol–water partition coefficient (Wildman–Crippen LogP) is 1.71. The number of sulfone groups is 1. The molecule has 1 aliphatic rings. The fraction of sp³-hybridized carbons (Fsp3) is 0.524. The number of aromatic nitrogens is 1. The zero-order chi connectivity index (χ0) is 21.6. The van der Waals surface area contributed by atoms with E-state index in [1.54, 1.807) is 12.1 Å². The van der Waals surface area contributed by atoms with Crippen molar-refractivity contribution < 1.29 is 12.9 Å². The average molecular weight is 434 g/mol. The lowest BCUT2D eigenvalue weighted by Gasteiger charge is -2.36. The van der Waals surface area contributed by atoms with Crippen molar-refractivity contribution in [3.05, 3.63) is 47.3 Å².